The molecule has 2 aliphatic heterocycles. The van der Waals surface area contributed by atoms with E-state index in [1.54, 1.807) is 0 Å². The summed E-state index contributed by atoms with van der Waals surface area (Å²) in [4.78, 5) is 25.2. The summed E-state index contributed by atoms with van der Waals surface area (Å²) in [5, 5.41) is 2.81. The van der Waals surface area contributed by atoms with Crippen molar-refractivity contribution in [1.29, 1.82) is 0 Å². The van der Waals surface area contributed by atoms with Gasteiger partial charge in [0.15, 0.2) is 0 Å². The van der Waals surface area contributed by atoms with E-state index < -0.39 is 0 Å². The van der Waals surface area contributed by atoms with Crippen molar-refractivity contribution in [2.75, 3.05) is 32.8 Å². The number of carbonyl (C=O) groups excluding carboxylic acids is 2. The van der Waals surface area contributed by atoms with Gasteiger partial charge in [0.2, 0.25) is 0 Å². The summed E-state index contributed by atoms with van der Waals surface area (Å²) in [7, 11) is 0. The first kappa shape index (κ1) is 25.3. The molecule has 0 aromatic heterocycles. The smallest absolute Gasteiger partial charge is 0.410 e. The third-order valence-corrected chi connectivity index (χ3v) is 6.47. The summed E-state index contributed by atoms with van der Waals surface area (Å²) in [5.41, 5.74) is 0.633. The molecule has 0 radical (unpaired) electrons. The van der Waals surface area contributed by atoms with Crippen LogP contribution in [0.4, 0.5) is 9.59 Å². The Bertz CT molecular complexity index is 737. The highest BCUT2D eigenvalue weighted by molar-refractivity contribution is 5.68. The van der Waals surface area contributed by atoms with Crippen molar-refractivity contribution < 1.29 is 25.2 Å². The number of hydrogen-bond acceptors (Lipinski definition) is 5. The highest BCUT2D eigenvalue weighted by atomic mass is 16.6. The van der Waals surface area contributed by atoms with Gasteiger partial charge in [-0.25, -0.2) is 9.59 Å². The minimum Gasteiger partial charge on any atom is -0.445 e. The van der Waals surface area contributed by atoms with Crippen molar-refractivity contribution in [3.8, 4) is 0 Å². The molecular weight excluding hydrogens is 420 g/mol. The zero-order valence-corrected chi connectivity index (χ0v) is 20.4. The van der Waals surface area contributed by atoms with Crippen molar-refractivity contribution >= 4 is 12.2 Å². The SMILES string of the molecule is CC(C)(C)OC(=O)N1CC2CCC[C@H]2C1.O=C(NCC1CCOCC1)OCc1ccccc1.[HH]. The predicted molar refractivity (Wildman–Crippen MR) is 129 cm³/mol. The predicted octanol–water partition coefficient (Wildman–Crippen LogP) is 5.24. The summed E-state index contributed by atoms with van der Waals surface area (Å²) in [6.07, 6.45) is 5.49. The molecule has 1 unspecified atom stereocenters. The van der Waals surface area contributed by atoms with Crippen molar-refractivity contribution in [2.24, 2.45) is 17.8 Å². The van der Waals surface area contributed by atoms with E-state index in [2.05, 4.69) is 5.32 Å². The Morgan fingerprint density at radius 2 is 1.70 bits per heavy atom. The molecule has 2 heterocycles. The zero-order chi connectivity index (χ0) is 23.7. The molecule has 7 nitrogen and oxygen atoms in total. The average molecular weight is 463 g/mol. The van der Waals surface area contributed by atoms with Crippen LogP contribution in [0.15, 0.2) is 30.3 Å². The number of amides is 2. The summed E-state index contributed by atoms with van der Waals surface area (Å²) in [6.45, 7) is 10.2. The Kier molecular flexibility index (Phi) is 9.41. The van der Waals surface area contributed by atoms with Gasteiger partial charge in [-0.3, -0.25) is 0 Å². The average Bonchev–Trinajstić information content (AvgIpc) is 3.40. The lowest BCUT2D eigenvalue weighted by molar-refractivity contribution is 0.0280. The van der Waals surface area contributed by atoms with Gasteiger partial charge >= 0.3 is 12.2 Å². The van der Waals surface area contributed by atoms with Crippen molar-refractivity contribution in [3.05, 3.63) is 35.9 Å². The first-order valence-electron chi connectivity index (χ1n) is 12.3. The Labute approximate surface area is 199 Å². The molecule has 0 bridgehead atoms. The van der Waals surface area contributed by atoms with Gasteiger partial charge in [0.1, 0.15) is 12.2 Å². The lowest BCUT2D eigenvalue weighted by Crippen LogP contribution is -2.35. The van der Waals surface area contributed by atoms with E-state index in [1.807, 2.05) is 56.0 Å². The van der Waals surface area contributed by atoms with E-state index in [1.165, 1.54) is 19.3 Å². The summed E-state index contributed by atoms with van der Waals surface area (Å²) < 4.78 is 15.8. The molecular formula is C26H42N2O5. The lowest BCUT2D eigenvalue weighted by atomic mass is 10.0. The Morgan fingerprint density at radius 3 is 2.30 bits per heavy atom. The van der Waals surface area contributed by atoms with Crippen LogP contribution in [0, 0.1) is 17.8 Å². The fraction of sp³-hybridized carbons (Fsp3) is 0.692. The van der Waals surface area contributed by atoms with Crippen LogP contribution in [-0.4, -0.2) is 55.5 Å². The van der Waals surface area contributed by atoms with Crippen LogP contribution in [0.2, 0.25) is 0 Å². The standard InChI is InChI=1S/C14H19NO3.C12H21NO2.H2/c16-14(15-10-12-6-8-17-9-7-12)18-11-13-4-2-1-3-5-13;1-12(2,3)15-11(14)13-7-9-5-4-6-10(9)8-13;/h1-5,12H,6-11H2,(H,15,16);9-10H,4-8H2,1-3H3;1H/t;9-,10?;/m.0./s1. The second kappa shape index (κ2) is 12.3. The summed E-state index contributed by atoms with van der Waals surface area (Å²) in [6, 6.07) is 9.67. The van der Waals surface area contributed by atoms with Crippen LogP contribution in [0.5, 0.6) is 0 Å². The van der Waals surface area contributed by atoms with Gasteiger partial charge in [0.25, 0.3) is 0 Å². The molecule has 4 rings (SSSR count). The van der Waals surface area contributed by atoms with Gasteiger partial charge in [-0.05, 0) is 69.8 Å². The number of nitrogens with zero attached hydrogens (tertiary/aromatic N) is 1. The molecule has 1 aliphatic carbocycles. The lowest BCUT2D eigenvalue weighted by Gasteiger charge is -2.24. The second-order valence-electron chi connectivity index (χ2n) is 10.3. The fourth-order valence-corrected chi connectivity index (χ4v) is 4.66. The number of rotatable bonds is 4. The Hall–Kier alpha value is -2.28. The van der Waals surface area contributed by atoms with Crippen molar-refractivity contribution in [1.82, 2.24) is 10.2 Å². The quantitative estimate of drug-likeness (QED) is 0.662. The van der Waals surface area contributed by atoms with Gasteiger partial charge in [-0.1, -0.05) is 36.8 Å². The molecule has 1 N–H and O–H groups in total. The topological polar surface area (TPSA) is 77.1 Å². The number of hydrogen-bond donors (Lipinski definition) is 1. The number of benzene rings is 1. The van der Waals surface area contributed by atoms with Crippen molar-refractivity contribution in [2.45, 2.75) is 65.1 Å². The molecule has 1 aromatic carbocycles. The number of fused-ring (bicyclic) bond motifs is 1. The van der Waals surface area contributed by atoms with Gasteiger partial charge in [-0.15, -0.1) is 0 Å². The highest BCUT2D eigenvalue weighted by Crippen LogP contribution is 2.38. The van der Waals surface area contributed by atoms with Gasteiger partial charge in [0, 0.05) is 34.3 Å². The number of carbonyl (C=O) groups is 2. The number of likely N-dealkylation sites (tertiary alicyclic amines) is 1. The normalized spacial score (nSPS) is 22.7. The second-order valence-corrected chi connectivity index (χ2v) is 10.3. The van der Waals surface area contributed by atoms with Crippen LogP contribution in [0.1, 0.15) is 59.9 Å². The minimum absolute atomic E-state index is 0. The largest absolute Gasteiger partial charge is 0.445 e. The highest BCUT2D eigenvalue weighted by Gasteiger charge is 2.39. The Morgan fingerprint density at radius 1 is 1.06 bits per heavy atom. The number of nitrogens with one attached hydrogen (secondary N) is 1. The molecule has 33 heavy (non-hydrogen) atoms. The van der Waals surface area contributed by atoms with E-state index in [9.17, 15) is 9.59 Å². The van der Waals surface area contributed by atoms with E-state index in [4.69, 9.17) is 14.2 Å². The first-order valence-corrected chi connectivity index (χ1v) is 12.3. The van der Waals surface area contributed by atoms with E-state index in [0.717, 1.165) is 56.5 Å². The number of alkyl carbamates (subject to hydrolysis) is 1. The van der Waals surface area contributed by atoms with E-state index in [0.29, 0.717) is 19.1 Å². The molecule has 3 fully saturated rings. The fourth-order valence-electron chi connectivity index (χ4n) is 4.66. The molecule has 1 aromatic rings. The Balaban J connectivity index is 0.000000237. The summed E-state index contributed by atoms with van der Waals surface area (Å²) in [5.74, 6) is 2.01. The molecule has 2 saturated heterocycles. The zero-order valence-electron chi connectivity index (χ0n) is 20.4. The molecule has 7 heteroatoms. The third kappa shape index (κ3) is 8.88. The van der Waals surface area contributed by atoms with Crippen LogP contribution in [0.3, 0.4) is 0 Å². The van der Waals surface area contributed by atoms with Gasteiger partial charge in [-0.2, -0.15) is 0 Å². The van der Waals surface area contributed by atoms with E-state index >= 15 is 0 Å². The van der Waals surface area contributed by atoms with Crippen LogP contribution >= 0.6 is 0 Å². The summed E-state index contributed by atoms with van der Waals surface area (Å²) >= 11 is 0. The minimum atomic E-state index is -0.366. The van der Waals surface area contributed by atoms with Crippen LogP contribution in [-0.2, 0) is 20.8 Å². The molecule has 1 saturated carbocycles. The van der Waals surface area contributed by atoms with Crippen molar-refractivity contribution in [3.63, 3.8) is 0 Å². The molecule has 2 atom stereocenters. The first-order chi connectivity index (χ1) is 15.8. The maximum absolute atomic E-state index is 11.8. The number of ether oxygens (including phenoxy) is 3. The molecule has 0 spiro atoms. The van der Waals surface area contributed by atoms with Crippen LogP contribution in [0.25, 0.3) is 0 Å². The molecule has 2 amide bonds. The van der Waals surface area contributed by atoms with E-state index in [-0.39, 0.29) is 19.2 Å². The van der Waals surface area contributed by atoms with Gasteiger partial charge in [0.05, 0.1) is 0 Å². The maximum Gasteiger partial charge on any atom is 0.410 e. The van der Waals surface area contributed by atoms with Gasteiger partial charge < -0.3 is 24.4 Å². The molecule has 3 aliphatic rings. The maximum atomic E-state index is 11.8. The van der Waals surface area contributed by atoms with Crippen LogP contribution < -0.4 is 5.32 Å². The molecule has 186 valence electrons. The monoisotopic (exact) mass is 462 g/mol. The third-order valence-electron chi connectivity index (χ3n) is 6.47.